The first-order chi connectivity index (χ1) is 11.4. The molecule has 1 unspecified atom stereocenters. The number of nitrogens with one attached hydrogen (secondary N) is 1. The van der Waals surface area contributed by atoms with Gasteiger partial charge in [-0.2, -0.15) is 4.72 Å². The summed E-state index contributed by atoms with van der Waals surface area (Å²) in [5.41, 5.74) is 2.13. The lowest BCUT2D eigenvalue weighted by Gasteiger charge is -2.14. The highest BCUT2D eigenvalue weighted by Crippen LogP contribution is 2.27. The van der Waals surface area contributed by atoms with Gasteiger partial charge in [0.15, 0.2) is 5.58 Å². The number of para-hydroxylation sites is 2. The van der Waals surface area contributed by atoms with Crippen LogP contribution >= 0.6 is 0 Å². The van der Waals surface area contributed by atoms with Gasteiger partial charge >= 0.3 is 0 Å². The van der Waals surface area contributed by atoms with Crippen molar-refractivity contribution < 1.29 is 17.6 Å². The molecule has 3 rings (SSSR count). The Morgan fingerprint density at radius 1 is 1.21 bits per heavy atom. The van der Waals surface area contributed by atoms with Gasteiger partial charge in [-0.1, -0.05) is 18.2 Å². The van der Waals surface area contributed by atoms with Crippen molar-refractivity contribution in [3.05, 3.63) is 53.9 Å². The fourth-order valence-corrected chi connectivity index (χ4v) is 3.87. The van der Waals surface area contributed by atoms with Gasteiger partial charge < -0.3 is 9.15 Å². The third-order valence-electron chi connectivity index (χ3n) is 3.62. The number of sulfonamides is 1. The number of aryl methyl sites for hydroxylation is 1. The molecule has 6 nitrogen and oxygen atoms in total. The number of hydrogen-bond donors (Lipinski definition) is 1. The minimum Gasteiger partial charge on any atom is -0.495 e. The van der Waals surface area contributed by atoms with Gasteiger partial charge in [0.25, 0.3) is 0 Å². The highest BCUT2D eigenvalue weighted by Gasteiger charge is 2.25. The van der Waals surface area contributed by atoms with Crippen LogP contribution in [0.15, 0.2) is 51.8 Å². The maximum absolute atomic E-state index is 12.7. The number of ether oxygens (including phenoxy) is 1. The van der Waals surface area contributed by atoms with E-state index in [-0.39, 0.29) is 10.6 Å². The summed E-state index contributed by atoms with van der Waals surface area (Å²) in [6.07, 6.45) is 0. The Kier molecular flexibility index (Phi) is 4.29. The summed E-state index contributed by atoms with van der Waals surface area (Å²) >= 11 is 0. The number of oxazole rings is 1. The summed E-state index contributed by atoms with van der Waals surface area (Å²) in [5, 5.41) is 0. The van der Waals surface area contributed by atoms with Gasteiger partial charge in [-0.15, -0.1) is 0 Å². The molecule has 24 heavy (non-hydrogen) atoms. The Bertz CT molecular complexity index is 946. The molecule has 1 atom stereocenters. The van der Waals surface area contributed by atoms with Crippen LogP contribution in [0.5, 0.6) is 5.75 Å². The molecular formula is C17H18N2O4S. The first-order valence-electron chi connectivity index (χ1n) is 7.43. The molecule has 0 saturated carbocycles. The molecule has 3 aromatic rings. The molecule has 0 radical (unpaired) electrons. The topological polar surface area (TPSA) is 81.4 Å². The minimum absolute atomic E-state index is 0.0907. The lowest BCUT2D eigenvalue weighted by Crippen LogP contribution is -2.27. The predicted molar refractivity (Wildman–Crippen MR) is 90.5 cm³/mol. The molecular weight excluding hydrogens is 328 g/mol. The molecule has 0 saturated heterocycles. The van der Waals surface area contributed by atoms with Gasteiger partial charge in [0.2, 0.25) is 15.9 Å². The van der Waals surface area contributed by atoms with E-state index in [2.05, 4.69) is 9.71 Å². The second-order valence-corrected chi connectivity index (χ2v) is 7.20. The van der Waals surface area contributed by atoms with Crippen molar-refractivity contribution in [1.29, 1.82) is 0 Å². The van der Waals surface area contributed by atoms with Crippen LogP contribution in [0.4, 0.5) is 0 Å². The molecule has 0 aliphatic heterocycles. The Balaban J connectivity index is 1.92. The van der Waals surface area contributed by atoms with Gasteiger partial charge in [0, 0.05) is 0 Å². The van der Waals surface area contributed by atoms with Crippen molar-refractivity contribution in [2.45, 2.75) is 24.8 Å². The molecule has 2 aromatic carbocycles. The van der Waals surface area contributed by atoms with Crippen molar-refractivity contribution in [2.24, 2.45) is 0 Å². The summed E-state index contributed by atoms with van der Waals surface area (Å²) in [6.45, 7) is 3.51. The second kappa shape index (κ2) is 6.26. The quantitative estimate of drug-likeness (QED) is 0.767. The average Bonchev–Trinajstić information content (AvgIpc) is 2.98. The van der Waals surface area contributed by atoms with Crippen LogP contribution in [0, 0.1) is 6.92 Å². The normalized spacial score (nSPS) is 13.1. The summed E-state index contributed by atoms with van der Waals surface area (Å²) in [6, 6.07) is 11.7. The van der Waals surface area contributed by atoms with Crippen LogP contribution in [-0.4, -0.2) is 20.5 Å². The van der Waals surface area contributed by atoms with E-state index < -0.39 is 16.1 Å². The standard InChI is InChI=1S/C17H18N2O4S/c1-11-8-9-15(22-3)16(10-11)24(20,21)19-12(2)17-18-13-6-4-5-7-14(13)23-17/h4-10,12,19H,1-3H3. The number of nitrogens with zero attached hydrogens (tertiary/aromatic N) is 1. The van der Waals surface area contributed by atoms with Crippen LogP contribution in [0.1, 0.15) is 24.4 Å². The van der Waals surface area contributed by atoms with E-state index in [1.807, 2.05) is 25.1 Å². The van der Waals surface area contributed by atoms with Crippen LogP contribution in [-0.2, 0) is 10.0 Å². The molecule has 7 heteroatoms. The minimum atomic E-state index is -3.79. The number of methoxy groups -OCH3 is 1. The van der Waals surface area contributed by atoms with Crippen molar-refractivity contribution >= 4 is 21.1 Å². The van der Waals surface area contributed by atoms with Crippen LogP contribution in [0.25, 0.3) is 11.1 Å². The van der Waals surface area contributed by atoms with Crippen LogP contribution in [0.3, 0.4) is 0 Å². The van der Waals surface area contributed by atoms with Gasteiger partial charge in [-0.05, 0) is 43.7 Å². The largest absolute Gasteiger partial charge is 0.495 e. The van der Waals surface area contributed by atoms with Crippen LogP contribution in [0.2, 0.25) is 0 Å². The molecule has 0 amide bonds. The zero-order valence-electron chi connectivity index (χ0n) is 13.6. The van der Waals surface area contributed by atoms with E-state index >= 15 is 0 Å². The van der Waals surface area contributed by atoms with Crippen molar-refractivity contribution in [3.8, 4) is 5.75 Å². The Labute approximate surface area is 140 Å². The highest BCUT2D eigenvalue weighted by atomic mass is 32.2. The van der Waals surface area contributed by atoms with Gasteiger partial charge in [-0.3, -0.25) is 0 Å². The van der Waals surface area contributed by atoms with Crippen molar-refractivity contribution in [1.82, 2.24) is 9.71 Å². The molecule has 0 bridgehead atoms. The van der Waals surface area contributed by atoms with E-state index in [1.54, 1.807) is 31.2 Å². The molecule has 0 aliphatic carbocycles. The molecule has 126 valence electrons. The number of rotatable bonds is 5. The summed E-state index contributed by atoms with van der Waals surface area (Å²) < 4.78 is 38.8. The van der Waals surface area contributed by atoms with Gasteiger partial charge in [-0.25, -0.2) is 13.4 Å². The number of aromatic nitrogens is 1. The fraction of sp³-hybridized carbons (Fsp3) is 0.235. The number of fused-ring (bicyclic) bond motifs is 1. The third kappa shape index (κ3) is 3.13. The van der Waals surface area contributed by atoms with E-state index in [0.29, 0.717) is 17.0 Å². The van der Waals surface area contributed by atoms with Gasteiger partial charge in [0.05, 0.1) is 13.2 Å². The lowest BCUT2D eigenvalue weighted by molar-refractivity contribution is 0.401. The summed E-state index contributed by atoms with van der Waals surface area (Å²) in [7, 11) is -2.35. The van der Waals surface area contributed by atoms with E-state index in [0.717, 1.165) is 5.56 Å². The molecule has 1 heterocycles. The molecule has 1 aromatic heterocycles. The number of benzene rings is 2. The molecule has 0 fully saturated rings. The lowest BCUT2D eigenvalue weighted by atomic mass is 10.2. The second-order valence-electron chi connectivity index (χ2n) is 5.52. The molecule has 0 aliphatic rings. The maximum atomic E-state index is 12.7. The Morgan fingerprint density at radius 3 is 2.67 bits per heavy atom. The maximum Gasteiger partial charge on any atom is 0.244 e. The highest BCUT2D eigenvalue weighted by molar-refractivity contribution is 7.89. The summed E-state index contributed by atoms with van der Waals surface area (Å²) in [5.74, 6) is 0.601. The first-order valence-corrected chi connectivity index (χ1v) is 8.91. The summed E-state index contributed by atoms with van der Waals surface area (Å²) in [4.78, 5) is 4.42. The Morgan fingerprint density at radius 2 is 1.96 bits per heavy atom. The molecule has 0 spiro atoms. The van der Waals surface area contributed by atoms with Crippen molar-refractivity contribution in [3.63, 3.8) is 0 Å². The molecule has 1 N–H and O–H groups in total. The third-order valence-corrected chi connectivity index (χ3v) is 5.18. The predicted octanol–water partition coefficient (Wildman–Crippen LogP) is 3.18. The zero-order valence-corrected chi connectivity index (χ0v) is 14.4. The zero-order chi connectivity index (χ0) is 17.3. The average molecular weight is 346 g/mol. The number of hydrogen-bond acceptors (Lipinski definition) is 5. The van der Waals surface area contributed by atoms with Crippen molar-refractivity contribution in [2.75, 3.05) is 7.11 Å². The fourth-order valence-electron chi connectivity index (χ4n) is 2.42. The van der Waals surface area contributed by atoms with E-state index in [9.17, 15) is 8.42 Å². The Hall–Kier alpha value is -2.38. The van der Waals surface area contributed by atoms with E-state index in [4.69, 9.17) is 9.15 Å². The van der Waals surface area contributed by atoms with Gasteiger partial charge in [0.1, 0.15) is 16.2 Å². The SMILES string of the molecule is COc1ccc(C)cc1S(=O)(=O)NC(C)c1nc2ccccc2o1. The monoisotopic (exact) mass is 346 g/mol. The smallest absolute Gasteiger partial charge is 0.244 e. The van der Waals surface area contributed by atoms with E-state index in [1.165, 1.54) is 7.11 Å². The van der Waals surface area contributed by atoms with Crippen LogP contribution < -0.4 is 9.46 Å². The first kappa shape index (κ1) is 16.5.